The van der Waals surface area contributed by atoms with Gasteiger partial charge in [-0.15, -0.1) is 0 Å². The number of hydrogen-bond donors (Lipinski definition) is 2. The van der Waals surface area contributed by atoms with Gasteiger partial charge in [0.15, 0.2) is 5.13 Å². The first kappa shape index (κ1) is 23.2. The number of piperidine rings is 1. The van der Waals surface area contributed by atoms with E-state index in [0.717, 1.165) is 69.9 Å². The molecule has 1 saturated heterocycles. The van der Waals surface area contributed by atoms with Crippen molar-refractivity contribution in [3.05, 3.63) is 54.9 Å². The molecule has 1 aliphatic carbocycles. The summed E-state index contributed by atoms with van der Waals surface area (Å²) in [6.07, 6.45) is 11.4. The van der Waals surface area contributed by atoms with E-state index in [2.05, 4.69) is 32.3 Å². The van der Waals surface area contributed by atoms with E-state index in [9.17, 15) is 5.11 Å². The van der Waals surface area contributed by atoms with Crippen molar-refractivity contribution >= 4 is 32.5 Å². The third-order valence-corrected chi connectivity index (χ3v) is 8.04. The molecule has 36 heavy (non-hydrogen) atoms. The first-order valence-corrected chi connectivity index (χ1v) is 13.7. The Morgan fingerprint density at radius 2 is 1.69 bits per heavy atom. The molecule has 2 fully saturated rings. The van der Waals surface area contributed by atoms with Crippen LogP contribution in [0.1, 0.15) is 44.9 Å². The minimum atomic E-state index is -0.205. The van der Waals surface area contributed by atoms with E-state index in [1.165, 1.54) is 32.1 Å². The highest BCUT2D eigenvalue weighted by Gasteiger charge is 2.19. The average Bonchev–Trinajstić information content (AvgIpc) is 3.31. The van der Waals surface area contributed by atoms with Crippen molar-refractivity contribution in [3.8, 4) is 22.8 Å². The smallest absolute Gasteiger partial charge is 0.184 e. The summed E-state index contributed by atoms with van der Waals surface area (Å²) in [5.41, 5.74) is 2.83. The zero-order chi connectivity index (χ0) is 24.3. The Bertz CT molecular complexity index is 1330. The second-order valence-corrected chi connectivity index (χ2v) is 10.8. The van der Waals surface area contributed by atoms with E-state index in [-0.39, 0.29) is 6.10 Å². The van der Waals surface area contributed by atoms with Gasteiger partial charge in [0.25, 0.3) is 0 Å². The van der Waals surface area contributed by atoms with Crippen LogP contribution in [0.3, 0.4) is 0 Å². The van der Waals surface area contributed by atoms with Crippen molar-refractivity contribution < 1.29 is 9.84 Å². The van der Waals surface area contributed by atoms with Crippen LogP contribution in [0.4, 0.5) is 10.9 Å². The Morgan fingerprint density at radius 3 is 2.56 bits per heavy atom. The lowest BCUT2D eigenvalue weighted by molar-refractivity contribution is 0.145. The van der Waals surface area contributed by atoms with Gasteiger partial charge in [0.2, 0.25) is 0 Å². The zero-order valence-corrected chi connectivity index (χ0v) is 21.1. The van der Waals surface area contributed by atoms with Crippen LogP contribution < -0.4 is 15.0 Å². The Kier molecular flexibility index (Phi) is 6.70. The molecule has 0 bridgehead atoms. The van der Waals surface area contributed by atoms with Crippen molar-refractivity contribution in [1.82, 2.24) is 15.0 Å². The normalized spacial score (nSPS) is 17.4. The van der Waals surface area contributed by atoms with E-state index < -0.39 is 0 Å². The number of nitrogens with zero attached hydrogens (tertiary/aromatic N) is 4. The van der Waals surface area contributed by atoms with Crippen LogP contribution >= 0.6 is 11.3 Å². The van der Waals surface area contributed by atoms with Gasteiger partial charge in [-0.05, 0) is 56.0 Å². The third kappa shape index (κ3) is 5.29. The number of benzene rings is 1. The fourth-order valence-corrected chi connectivity index (χ4v) is 6.04. The Morgan fingerprint density at radius 1 is 0.889 bits per heavy atom. The molecule has 0 unspecified atom stereocenters. The van der Waals surface area contributed by atoms with Crippen LogP contribution in [0.5, 0.6) is 11.5 Å². The average molecular weight is 502 g/mol. The summed E-state index contributed by atoms with van der Waals surface area (Å²) >= 11 is 1.69. The largest absolute Gasteiger partial charge is 0.457 e. The quantitative estimate of drug-likeness (QED) is 0.323. The molecule has 0 amide bonds. The number of aromatic nitrogens is 3. The molecular formula is C28H31N5O2S. The van der Waals surface area contributed by atoms with E-state index in [1.54, 1.807) is 17.5 Å². The van der Waals surface area contributed by atoms with Crippen molar-refractivity contribution in [3.63, 3.8) is 0 Å². The Hall–Kier alpha value is -3.23. The van der Waals surface area contributed by atoms with E-state index in [1.807, 2.05) is 36.5 Å². The summed E-state index contributed by atoms with van der Waals surface area (Å²) in [7, 11) is 0. The van der Waals surface area contributed by atoms with Gasteiger partial charge in [-0.25, -0.2) is 9.97 Å². The first-order chi connectivity index (χ1) is 17.7. The monoisotopic (exact) mass is 501 g/mol. The van der Waals surface area contributed by atoms with Gasteiger partial charge in [0.1, 0.15) is 17.3 Å². The molecular weight excluding hydrogens is 470 g/mol. The maximum atomic E-state index is 9.81. The van der Waals surface area contributed by atoms with Crippen LogP contribution in [0.2, 0.25) is 0 Å². The number of rotatable bonds is 6. The molecule has 0 spiro atoms. The van der Waals surface area contributed by atoms with Gasteiger partial charge in [0, 0.05) is 49.2 Å². The number of thiazole rings is 1. The first-order valence-electron chi connectivity index (χ1n) is 12.9. The molecule has 1 saturated carbocycles. The van der Waals surface area contributed by atoms with E-state index >= 15 is 0 Å². The molecule has 2 aliphatic rings. The molecule has 6 rings (SSSR count). The molecule has 4 aromatic rings. The van der Waals surface area contributed by atoms with Gasteiger partial charge in [-0.2, -0.15) is 0 Å². The number of anilines is 2. The van der Waals surface area contributed by atoms with Crippen LogP contribution in [-0.4, -0.2) is 45.3 Å². The number of nitrogens with one attached hydrogen (secondary N) is 1. The number of pyridine rings is 2. The minimum Gasteiger partial charge on any atom is -0.457 e. The molecule has 1 aliphatic heterocycles. The molecule has 7 nitrogen and oxygen atoms in total. The number of aliphatic hydroxyl groups is 1. The highest BCUT2D eigenvalue weighted by atomic mass is 32.1. The van der Waals surface area contributed by atoms with E-state index in [4.69, 9.17) is 9.72 Å². The van der Waals surface area contributed by atoms with Crippen molar-refractivity contribution in [1.29, 1.82) is 0 Å². The predicted molar refractivity (Wildman–Crippen MR) is 145 cm³/mol. The number of fused-ring (bicyclic) bond motifs is 1. The molecule has 8 heteroatoms. The fourth-order valence-electron chi connectivity index (χ4n) is 5.07. The highest BCUT2D eigenvalue weighted by molar-refractivity contribution is 7.22. The zero-order valence-electron chi connectivity index (χ0n) is 20.3. The molecule has 3 aromatic heterocycles. The van der Waals surface area contributed by atoms with Gasteiger partial charge < -0.3 is 20.1 Å². The number of aliphatic hydroxyl groups excluding tert-OH is 1. The van der Waals surface area contributed by atoms with Crippen LogP contribution in [0.25, 0.3) is 21.5 Å². The van der Waals surface area contributed by atoms with Crippen LogP contribution in [0, 0.1) is 0 Å². The minimum absolute atomic E-state index is 0.205. The van der Waals surface area contributed by atoms with Crippen LogP contribution in [0.15, 0.2) is 54.9 Å². The van der Waals surface area contributed by atoms with Gasteiger partial charge >= 0.3 is 0 Å². The second-order valence-electron chi connectivity index (χ2n) is 9.73. The standard InChI is InChI=1S/C28H31N5O2S/c34-21-10-14-33(15-11-21)27-16-19(8-12-30-27)25-17-23(9-13-29-25)35-22-6-7-24-26(18-22)36-28(32-24)31-20-4-2-1-3-5-20/h6-9,12-13,16-18,20-21,34H,1-5,10-11,14-15H2,(H,31,32). The summed E-state index contributed by atoms with van der Waals surface area (Å²) < 4.78 is 7.35. The summed E-state index contributed by atoms with van der Waals surface area (Å²) in [5.74, 6) is 2.44. The van der Waals surface area contributed by atoms with Crippen molar-refractivity contribution in [2.75, 3.05) is 23.3 Å². The predicted octanol–water partition coefficient (Wildman–Crippen LogP) is 6.25. The number of ether oxygens (including phenoxy) is 1. The Labute approximate surface area is 215 Å². The second kappa shape index (κ2) is 10.4. The van der Waals surface area contributed by atoms with Gasteiger partial charge in [0.05, 0.1) is 22.0 Å². The lowest BCUT2D eigenvalue weighted by Gasteiger charge is -2.30. The van der Waals surface area contributed by atoms with Gasteiger partial charge in [-0.3, -0.25) is 4.98 Å². The Balaban J connectivity index is 1.17. The third-order valence-electron chi connectivity index (χ3n) is 7.09. The van der Waals surface area contributed by atoms with Crippen LogP contribution in [-0.2, 0) is 0 Å². The molecule has 0 radical (unpaired) electrons. The highest BCUT2D eigenvalue weighted by Crippen LogP contribution is 2.34. The molecule has 0 atom stereocenters. The van der Waals surface area contributed by atoms with E-state index in [0.29, 0.717) is 6.04 Å². The summed E-state index contributed by atoms with van der Waals surface area (Å²) in [4.78, 5) is 16.1. The van der Waals surface area contributed by atoms with Gasteiger partial charge in [-0.1, -0.05) is 30.6 Å². The SMILES string of the molecule is OC1CCN(c2cc(-c3cc(Oc4ccc5nc(NC6CCCCC6)sc5c4)ccn3)ccn2)CC1. The molecule has 4 heterocycles. The fraction of sp³-hybridized carbons (Fsp3) is 0.393. The molecule has 186 valence electrons. The number of hydrogen-bond acceptors (Lipinski definition) is 8. The summed E-state index contributed by atoms with van der Waals surface area (Å²) in [6, 6.07) is 14.5. The maximum Gasteiger partial charge on any atom is 0.184 e. The lowest BCUT2D eigenvalue weighted by Crippen LogP contribution is -2.36. The molecule has 1 aromatic carbocycles. The van der Waals surface area contributed by atoms with Crippen molar-refractivity contribution in [2.45, 2.75) is 57.1 Å². The topological polar surface area (TPSA) is 83.4 Å². The summed E-state index contributed by atoms with van der Waals surface area (Å²) in [5, 5.41) is 14.4. The maximum absolute atomic E-state index is 9.81. The lowest BCUT2D eigenvalue weighted by atomic mass is 9.96. The summed E-state index contributed by atoms with van der Waals surface area (Å²) in [6.45, 7) is 1.62. The molecule has 2 N–H and O–H groups in total. The van der Waals surface area contributed by atoms with Crippen molar-refractivity contribution in [2.24, 2.45) is 0 Å².